The molecule has 3 rings (SSSR count). The van der Waals surface area contributed by atoms with Gasteiger partial charge in [0.15, 0.2) is 0 Å². The van der Waals surface area contributed by atoms with Crippen molar-refractivity contribution in [3.05, 3.63) is 29.8 Å². The van der Waals surface area contributed by atoms with Crippen molar-refractivity contribution < 1.29 is 9.53 Å². The lowest BCUT2D eigenvalue weighted by Crippen LogP contribution is -2.48. The van der Waals surface area contributed by atoms with Crippen molar-refractivity contribution in [2.75, 3.05) is 13.7 Å². The maximum Gasteiger partial charge on any atom is 0.222 e. The van der Waals surface area contributed by atoms with Crippen molar-refractivity contribution in [3.8, 4) is 5.75 Å². The van der Waals surface area contributed by atoms with Crippen LogP contribution >= 0.6 is 0 Å². The third-order valence-electron chi connectivity index (χ3n) is 4.88. The summed E-state index contributed by atoms with van der Waals surface area (Å²) >= 11 is 0. The lowest BCUT2D eigenvalue weighted by atomic mass is 9.79. The van der Waals surface area contributed by atoms with Gasteiger partial charge in [-0.2, -0.15) is 0 Å². The summed E-state index contributed by atoms with van der Waals surface area (Å²) in [7, 11) is 1.98. The van der Waals surface area contributed by atoms with Gasteiger partial charge >= 0.3 is 0 Å². The number of nitrogens with one attached hydrogen (secondary N) is 2. The summed E-state index contributed by atoms with van der Waals surface area (Å²) in [4.78, 5) is 12.4. The monoisotopic (exact) mass is 288 g/mol. The zero-order valence-electron chi connectivity index (χ0n) is 12.7. The Morgan fingerprint density at radius 2 is 2.05 bits per heavy atom. The highest BCUT2D eigenvalue weighted by Gasteiger charge is 2.34. The SMILES string of the molecule is CNC1(CC(=O)NC2COc3ccccc32)CCCCC1. The lowest BCUT2D eigenvalue weighted by Gasteiger charge is -2.36. The highest BCUT2D eigenvalue weighted by molar-refractivity contribution is 5.78. The van der Waals surface area contributed by atoms with Crippen molar-refractivity contribution in [1.82, 2.24) is 10.6 Å². The number of benzene rings is 1. The first-order chi connectivity index (χ1) is 10.2. The van der Waals surface area contributed by atoms with Crippen molar-refractivity contribution in [2.24, 2.45) is 0 Å². The first kappa shape index (κ1) is 14.4. The van der Waals surface area contributed by atoms with E-state index in [1.807, 2.05) is 31.3 Å². The number of carbonyl (C=O) groups is 1. The maximum atomic E-state index is 12.4. The molecule has 4 nitrogen and oxygen atoms in total. The van der Waals surface area contributed by atoms with Crippen LogP contribution in [0.5, 0.6) is 5.75 Å². The summed E-state index contributed by atoms with van der Waals surface area (Å²) in [5.41, 5.74) is 1.08. The fourth-order valence-corrected chi connectivity index (χ4v) is 3.58. The molecule has 0 radical (unpaired) electrons. The highest BCUT2D eigenvalue weighted by Crippen LogP contribution is 2.33. The van der Waals surface area contributed by atoms with E-state index < -0.39 is 0 Å². The van der Waals surface area contributed by atoms with Crippen LogP contribution in [0.25, 0.3) is 0 Å². The van der Waals surface area contributed by atoms with Gasteiger partial charge in [-0.15, -0.1) is 0 Å². The van der Waals surface area contributed by atoms with Crippen LogP contribution < -0.4 is 15.4 Å². The van der Waals surface area contributed by atoms with Gasteiger partial charge in [0.05, 0.1) is 6.04 Å². The standard InChI is InChI=1S/C17H24N2O2/c1-18-17(9-5-2-6-10-17)11-16(20)19-14-12-21-15-8-4-3-7-13(14)15/h3-4,7-8,14,18H,2,5-6,9-12H2,1H3,(H,19,20). The quantitative estimate of drug-likeness (QED) is 0.895. The molecule has 1 aliphatic heterocycles. The van der Waals surface area contributed by atoms with Crippen LogP contribution in [0, 0.1) is 0 Å². The molecule has 21 heavy (non-hydrogen) atoms. The molecule has 1 heterocycles. The van der Waals surface area contributed by atoms with Crippen LogP contribution in [-0.4, -0.2) is 25.1 Å². The Kier molecular flexibility index (Phi) is 4.15. The Morgan fingerprint density at radius 1 is 1.29 bits per heavy atom. The van der Waals surface area contributed by atoms with E-state index in [-0.39, 0.29) is 17.5 Å². The summed E-state index contributed by atoms with van der Waals surface area (Å²) in [5.74, 6) is 1.01. The van der Waals surface area contributed by atoms with Gasteiger partial charge in [0.25, 0.3) is 0 Å². The third-order valence-corrected chi connectivity index (χ3v) is 4.88. The number of hydrogen-bond acceptors (Lipinski definition) is 3. The summed E-state index contributed by atoms with van der Waals surface area (Å²) in [6, 6.07) is 7.93. The number of ether oxygens (including phenoxy) is 1. The molecule has 4 heteroatoms. The van der Waals surface area contributed by atoms with Crippen LogP contribution in [0.2, 0.25) is 0 Å². The molecule has 1 amide bonds. The predicted octanol–water partition coefficient (Wildman–Crippen LogP) is 2.55. The molecule has 0 spiro atoms. The van der Waals surface area contributed by atoms with Gasteiger partial charge in [0.1, 0.15) is 12.4 Å². The van der Waals surface area contributed by atoms with E-state index in [0.717, 1.165) is 24.2 Å². The molecule has 2 N–H and O–H groups in total. The van der Waals surface area contributed by atoms with Gasteiger partial charge in [-0.25, -0.2) is 0 Å². The van der Waals surface area contributed by atoms with Crippen LogP contribution in [-0.2, 0) is 4.79 Å². The van der Waals surface area contributed by atoms with E-state index in [2.05, 4.69) is 10.6 Å². The van der Waals surface area contributed by atoms with Gasteiger partial charge in [-0.1, -0.05) is 37.5 Å². The van der Waals surface area contributed by atoms with E-state index in [9.17, 15) is 4.79 Å². The Balaban J connectivity index is 1.62. The molecule has 0 saturated heterocycles. The molecular weight excluding hydrogens is 264 g/mol. The van der Waals surface area contributed by atoms with Gasteiger partial charge in [-0.3, -0.25) is 4.79 Å². The molecule has 1 aromatic carbocycles. The van der Waals surface area contributed by atoms with Gasteiger partial charge in [0, 0.05) is 17.5 Å². The van der Waals surface area contributed by atoms with E-state index in [0.29, 0.717) is 13.0 Å². The molecule has 1 unspecified atom stereocenters. The van der Waals surface area contributed by atoms with E-state index in [4.69, 9.17) is 4.74 Å². The number of para-hydroxylation sites is 1. The molecule has 1 fully saturated rings. The van der Waals surface area contributed by atoms with Crippen molar-refractivity contribution in [2.45, 2.75) is 50.1 Å². The maximum absolute atomic E-state index is 12.4. The lowest BCUT2D eigenvalue weighted by molar-refractivity contribution is -0.123. The molecule has 1 atom stereocenters. The zero-order chi connectivity index (χ0) is 14.7. The third kappa shape index (κ3) is 3.05. The molecule has 0 aromatic heterocycles. The number of fused-ring (bicyclic) bond motifs is 1. The van der Waals surface area contributed by atoms with E-state index in [1.54, 1.807) is 0 Å². The Hall–Kier alpha value is -1.55. The van der Waals surface area contributed by atoms with Crippen LogP contribution in [0.1, 0.15) is 50.1 Å². The summed E-state index contributed by atoms with van der Waals surface area (Å²) in [6.07, 6.45) is 6.45. The van der Waals surface area contributed by atoms with Crippen LogP contribution in [0.4, 0.5) is 0 Å². The molecule has 1 aliphatic carbocycles. The van der Waals surface area contributed by atoms with E-state index in [1.165, 1.54) is 19.3 Å². The number of hydrogen-bond donors (Lipinski definition) is 2. The zero-order valence-corrected chi connectivity index (χ0v) is 12.7. The first-order valence-corrected chi connectivity index (χ1v) is 7.92. The fraction of sp³-hybridized carbons (Fsp3) is 0.588. The largest absolute Gasteiger partial charge is 0.491 e. The molecule has 1 saturated carbocycles. The van der Waals surface area contributed by atoms with Crippen molar-refractivity contribution in [3.63, 3.8) is 0 Å². The number of rotatable bonds is 4. The average Bonchev–Trinajstić information content (AvgIpc) is 2.91. The van der Waals surface area contributed by atoms with Crippen molar-refractivity contribution in [1.29, 1.82) is 0 Å². The second-order valence-corrected chi connectivity index (χ2v) is 6.24. The van der Waals surface area contributed by atoms with Crippen molar-refractivity contribution >= 4 is 5.91 Å². The second-order valence-electron chi connectivity index (χ2n) is 6.24. The van der Waals surface area contributed by atoms with Crippen LogP contribution in [0.3, 0.4) is 0 Å². The highest BCUT2D eigenvalue weighted by atomic mass is 16.5. The molecule has 1 aromatic rings. The Labute approximate surface area is 126 Å². The summed E-state index contributed by atoms with van der Waals surface area (Å²) < 4.78 is 5.62. The normalized spacial score (nSPS) is 23.2. The minimum atomic E-state index is -0.0126. The predicted molar refractivity (Wildman–Crippen MR) is 82.3 cm³/mol. The van der Waals surface area contributed by atoms with E-state index >= 15 is 0 Å². The van der Waals surface area contributed by atoms with Gasteiger partial charge < -0.3 is 15.4 Å². The second kappa shape index (κ2) is 6.06. The molecule has 2 aliphatic rings. The fourth-order valence-electron chi connectivity index (χ4n) is 3.58. The smallest absolute Gasteiger partial charge is 0.222 e. The average molecular weight is 288 g/mol. The topological polar surface area (TPSA) is 50.4 Å². The molecule has 0 bridgehead atoms. The van der Waals surface area contributed by atoms with Gasteiger partial charge in [0.2, 0.25) is 5.91 Å². The Bertz CT molecular complexity index is 509. The number of amides is 1. The van der Waals surface area contributed by atoms with Gasteiger partial charge in [-0.05, 0) is 26.0 Å². The van der Waals surface area contributed by atoms with Crippen LogP contribution in [0.15, 0.2) is 24.3 Å². The number of carbonyl (C=O) groups excluding carboxylic acids is 1. The Morgan fingerprint density at radius 3 is 2.81 bits per heavy atom. The minimum absolute atomic E-state index is 0.00815. The molecular formula is C17H24N2O2. The summed E-state index contributed by atoms with van der Waals surface area (Å²) in [5, 5.41) is 6.54. The minimum Gasteiger partial charge on any atom is -0.491 e. The summed E-state index contributed by atoms with van der Waals surface area (Å²) in [6.45, 7) is 0.539. The first-order valence-electron chi connectivity index (χ1n) is 7.92. The molecule has 114 valence electrons.